The largest absolute Gasteiger partial charge is 0.491 e. The molecule has 6 nitrogen and oxygen atoms in total. The molecule has 0 saturated heterocycles. The van der Waals surface area contributed by atoms with E-state index < -0.39 is 0 Å². The molecule has 0 saturated carbocycles. The maximum absolute atomic E-state index is 6.01. The van der Waals surface area contributed by atoms with Crippen molar-refractivity contribution in [2.45, 2.75) is 26.7 Å². The Labute approximate surface area is 191 Å². The van der Waals surface area contributed by atoms with Crippen LogP contribution in [-0.4, -0.2) is 33.1 Å². The predicted octanol–water partition coefficient (Wildman–Crippen LogP) is 5.95. The molecule has 0 bridgehead atoms. The summed E-state index contributed by atoms with van der Waals surface area (Å²) < 4.78 is 13.9. The molecule has 2 heterocycles. The van der Waals surface area contributed by atoms with E-state index in [9.17, 15) is 0 Å². The maximum atomic E-state index is 6.01. The lowest BCUT2D eigenvalue weighted by Gasteiger charge is -2.12. The summed E-state index contributed by atoms with van der Waals surface area (Å²) in [7, 11) is 0. The van der Waals surface area contributed by atoms with Crippen LogP contribution in [0.1, 0.15) is 24.2 Å². The van der Waals surface area contributed by atoms with Gasteiger partial charge in [-0.25, -0.2) is 19.9 Å². The normalized spacial score (nSPS) is 11.2. The second-order valence-electron chi connectivity index (χ2n) is 6.92. The van der Waals surface area contributed by atoms with E-state index in [2.05, 4.69) is 51.8 Å². The molecule has 0 aliphatic rings. The van der Waals surface area contributed by atoms with Crippen molar-refractivity contribution in [2.24, 2.45) is 0 Å². The van der Waals surface area contributed by atoms with Crippen molar-refractivity contribution in [2.75, 3.05) is 13.2 Å². The van der Waals surface area contributed by atoms with Gasteiger partial charge in [-0.2, -0.15) is 0 Å². The molecule has 30 heavy (non-hydrogen) atoms. The molecule has 0 radical (unpaired) electrons. The number of aromatic nitrogens is 4. The van der Waals surface area contributed by atoms with Crippen molar-refractivity contribution >= 4 is 53.7 Å². The van der Waals surface area contributed by atoms with Gasteiger partial charge in [-0.1, -0.05) is 31.9 Å². The van der Waals surface area contributed by atoms with Gasteiger partial charge in [0.2, 0.25) is 0 Å². The lowest BCUT2D eigenvalue weighted by molar-refractivity contribution is 0.269. The molecule has 2 aromatic carbocycles. The van der Waals surface area contributed by atoms with E-state index in [1.54, 1.807) is 12.7 Å². The third kappa shape index (κ3) is 4.54. The average Bonchev–Trinajstić information content (AvgIpc) is 2.72. The molecule has 4 aromatic rings. The summed E-state index contributed by atoms with van der Waals surface area (Å²) in [5, 5.41) is 1.98. The lowest BCUT2D eigenvalue weighted by Crippen LogP contribution is -2.04. The van der Waals surface area contributed by atoms with Crippen LogP contribution in [0.5, 0.6) is 11.5 Å². The van der Waals surface area contributed by atoms with E-state index in [4.69, 9.17) is 9.47 Å². The third-order valence-electron chi connectivity index (χ3n) is 4.79. The van der Waals surface area contributed by atoms with Crippen molar-refractivity contribution < 1.29 is 9.47 Å². The number of aryl methyl sites for hydroxylation is 2. The van der Waals surface area contributed by atoms with E-state index in [-0.39, 0.29) is 0 Å². The lowest BCUT2D eigenvalue weighted by atomic mass is 10.2. The van der Waals surface area contributed by atoms with E-state index >= 15 is 0 Å². The summed E-state index contributed by atoms with van der Waals surface area (Å²) in [4.78, 5) is 17.3. The summed E-state index contributed by atoms with van der Waals surface area (Å²) in [5.74, 6) is 1.52. The Bertz CT molecular complexity index is 1120. The van der Waals surface area contributed by atoms with Gasteiger partial charge in [0.05, 0.1) is 13.2 Å². The summed E-state index contributed by atoms with van der Waals surface area (Å²) in [6, 6.07) is 7.92. The fraction of sp³-hybridized carbons (Fsp3) is 0.273. The first kappa shape index (κ1) is 20.9. The van der Waals surface area contributed by atoms with Crippen molar-refractivity contribution in [3.8, 4) is 11.5 Å². The first-order valence-electron chi connectivity index (χ1n) is 9.60. The highest BCUT2D eigenvalue weighted by molar-refractivity contribution is 9.10. The number of rotatable bonds is 7. The van der Waals surface area contributed by atoms with Crippen molar-refractivity contribution in [1.82, 2.24) is 19.9 Å². The molecule has 154 valence electrons. The average molecular weight is 532 g/mol. The molecular formula is C22H20Br2N4O2. The predicted molar refractivity (Wildman–Crippen MR) is 124 cm³/mol. The Morgan fingerprint density at radius 3 is 1.53 bits per heavy atom. The van der Waals surface area contributed by atoms with Gasteiger partial charge in [-0.3, -0.25) is 0 Å². The van der Waals surface area contributed by atoms with Crippen LogP contribution in [0.4, 0.5) is 0 Å². The van der Waals surface area contributed by atoms with Gasteiger partial charge < -0.3 is 9.47 Å². The SMILES string of the molecule is Cc1ncnc2c(OCCCCOc3cc(Br)cc4c(C)ncnc34)cc(Br)cc12. The molecular weight excluding hydrogens is 512 g/mol. The van der Waals surface area contributed by atoms with Crippen molar-refractivity contribution in [1.29, 1.82) is 0 Å². The summed E-state index contributed by atoms with van der Waals surface area (Å²) in [6.07, 6.45) is 4.86. The van der Waals surface area contributed by atoms with Gasteiger partial charge in [0.15, 0.2) is 0 Å². The maximum Gasteiger partial charge on any atom is 0.146 e. The number of unbranched alkanes of at least 4 members (excludes halogenated alkanes) is 1. The summed E-state index contributed by atoms with van der Waals surface area (Å²) >= 11 is 7.08. The van der Waals surface area contributed by atoms with Crippen LogP contribution in [0.15, 0.2) is 45.9 Å². The highest BCUT2D eigenvalue weighted by Gasteiger charge is 2.10. The van der Waals surface area contributed by atoms with E-state index in [1.165, 1.54) is 0 Å². The Hall–Kier alpha value is -2.32. The Balaban J connectivity index is 1.35. The Morgan fingerprint density at radius 1 is 0.667 bits per heavy atom. The number of hydrogen-bond acceptors (Lipinski definition) is 6. The number of benzene rings is 2. The zero-order chi connectivity index (χ0) is 21.1. The second kappa shape index (κ2) is 9.22. The van der Waals surface area contributed by atoms with Crippen LogP contribution in [0, 0.1) is 13.8 Å². The zero-order valence-corrected chi connectivity index (χ0v) is 19.8. The molecule has 8 heteroatoms. The van der Waals surface area contributed by atoms with E-state index in [0.717, 1.165) is 66.5 Å². The number of halogens is 2. The van der Waals surface area contributed by atoms with Crippen molar-refractivity contribution in [3.63, 3.8) is 0 Å². The van der Waals surface area contributed by atoms with Gasteiger partial charge >= 0.3 is 0 Å². The van der Waals surface area contributed by atoms with Crippen LogP contribution in [0.2, 0.25) is 0 Å². The molecule has 0 amide bonds. The van der Waals surface area contributed by atoms with Crippen LogP contribution >= 0.6 is 31.9 Å². The molecule has 0 spiro atoms. The second-order valence-corrected chi connectivity index (χ2v) is 8.75. The Morgan fingerprint density at radius 2 is 1.10 bits per heavy atom. The topological polar surface area (TPSA) is 70.0 Å². The highest BCUT2D eigenvalue weighted by Crippen LogP contribution is 2.31. The monoisotopic (exact) mass is 530 g/mol. The minimum Gasteiger partial charge on any atom is -0.491 e. The van der Waals surface area contributed by atoms with E-state index in [1.807, 2.05) is 38.1 Å². The van der Waals surface area contributed by atoms with Crippen LogP contribution < -0.4 is 9.47 Å². The molecule has 4 rings (SSSR count). The summed E-state index contributed by atoms with van der Waals surface area (Å²) in [5.41, 5.74) is 3.52. The minimum atomic E-state index is 0.582. The van der Waals surface area contributed by atoms with E-state index in [0.29, 0.717) is 13.2 Å². The van der Waals surface area contributed by atoms with Gasteiger partial charge in [0.1, 0.15) is 35.2 Å². The Kier molecular flexibility index (Phi) is 6.43. The number of ether oxygens (including phenoxy) is 2. The molecule has 0 fully saturated rings. The highest BCUT2D eigenvalue weighted by atomic mass is 79.9. The number of nitrogens with zero attached hydrogens (tertiary/aromatic N) is 4. The first-order chi connectivity index (χ1) is 14.5. The summed E-state index contributed by atoms with van der Waals surface area (Å²) in [6.45, 7) is 5.10. The quantitative estimate of drug-likeness (QED) is 0.274. The van der Waals surface area contributed by atoms with Crippen LogP contribution in [-0.2, 0) is 0 Å². The minimum absolute atomic E-state index is 0.582. The molecule has 0 aliphatic carbocycles. The van der Waals surface area contributed by atoms with Gasteiger partial charge in [0.25, 0.3) is 0 Å². The van der Waals surface area contributed by atoms with Crippen molar-refractivity contribution in [3.05, 3.63) is 57.3 Å². The van der Waals surface area contributed by atoms with Gasteiger partial charge in [-0.05, 0) is 51.0 Å². The van der Waals surface area contributed by atoms with Crippen LogP contribution in [0.25, 0.3) is 21.8 Å². The zero-order valence-electron chi connectivity index (χ0n) is 16.7. The third-order valence-corrected chi connectivity index (χ3v) is 5.70. The van der Waals surface area contributed by atoms with Gasteiger partial charge in [-0.15, -0.1) is 0 Å². The molecule has 2 aromatic heterocycles. The molecule has 0 atom stereocenters. The standard InChI is InChI=1S/C22H20Br2N4O2/c1-13-17-7-15(23)9-19(21(17)27-11-25-13)29-5-3-4-6-30-20-10-16(24)8-18-14(2)26-12-28-22(18)20/h7-12H,3-6H2,1-2H3. The number of fused-ring (bicyclic) bond motifs is 2. The molecule has 0 aliphatic heterocycles. The molecule has 0 unspecified atom stereocenters. The fourth-order valence-corrected chi connectivity index (χ4v) is 4.11. The smallest absolute Gasteiger partial charge is 0.146 e. The molecule has 0 N–H and O–H groups in total. The van der Waals surface area contributed by atoms with Crippen LogP contribution in [0.3, 0.4) is 0 Å². The number of hydrogen-bond donors (Lipinski definition) is 0. The fourth-order valence-electron chi connectivity index (χ4n) is 3.24. The van der Waals surface area contributed by atoms with Gasteiger partial charge in [0, 0.05) is 31.1 Å². The first-order valence-corrected chi connectivity index (χ1v) is 11.2.